The van der Waals surface area contributed by atoms with E-state index in [0.29, 0.717) is 11.0 Å². The number of fused-ring (bicyclic) bond motifs is 1. The summed E-state index contributed by atoms with van der Waals surface area (Å²) in [5, 5.41) is 3.92. The molecule has 0 saturated carbocycles. The summed E-state index contributed by atoms with van der Waals surface area (Å²) in [5.74, 6) is 0.314. The summed E-state index contributed by atoms with van der Waals surface area (Å²) in [6.45, 7) is 8.34. The molecule has 0 aliphatic carbocycles. The Labute approximate surface area is 108 Å². The summed E-state index contributed by atoms with van der Waals surface area (Å²) < 4.78 is 5.44. The van der Waals surface area contributed by atoms with Gasteiger partial charge in [0.2, 0.25) is 0 Å². The van der Waals surface area contributed by atoms with E-state index in [1.54, 1.807) is 0 Å². The zero-order valence-electron chi connectivity index (χ0n) is 10.8. The van der Waals surface area contributed by atoms with Crippen molar-refractivity contribution in [3.8, 4) is 0 Å². The van der Waals surface area contributed by atoms with Gasteiger partial charge >= 0.3 is 5.97 Å². The van der Waals surface area contributed by atoms with Gasteiger partial charge in [-0.25, -0.2) is 4.79 Å². The molecule has 0 aromatic rings. The molecule has 0 spiro atoms. The lowest BCUT2D eigenvalue weighted by Gasteiger charge is -2.42. The lowest BCUT2D eigenvalue weighted by molar-refractivity contribution is -0.143. The molecule has 2 aliphatic rings. The number of rotatable bonds is 2. The van der Waals surface area contributed by atoms with Crippen molar-refractivity contribution in [1.29, 1.82) is 0 Å². The van der Waals surface area contributed by atoms with Gasteiger partial charge < -0.3 is 10.1 Å². The zero-order chi connectivity index (χ0) is 12.8. The molecule has 2 saturated heterocycles. The van der Waals surface area contributed by atoms with Crippen molar-refractivity contribution in [1.82, 2.24) is 10.2 Å². The first kappa shape index (κ1) is 12.6. The second-order valence-corrected chi connectivity index (χ2v) is 6.35. The van der Waals surface area contributed by atoms with Gasteiger partial charge in [0.25, 0.3) is 0 Å². The first-order valence-electron chi connectivity index (χ1n) is 6.11. The van der Waals surface area contributed by atoms with E-state index in [2.05, 4.69) is 33.0 Å². The quantitative estimate of drug-likeness (QED) is 0.601. The molecule has 5 heteroatoms. The van der Waals surface area contributed by atoms with Crippen LogP contribution in [0.2, 0.25) is 0 Å². The number of hydrogen-bond donors (Lipinski definition) is 1. The standard InChI is InChI=1S/C12H20N2O2S/c1-7(2)5-8-10(15)16-9-6-12(3,4)13-11(17)14(8)9/h7-9H,5-6H2,1-4H3,(H,13,17)/t8-,9+/m1/s1. The third kappa shape index (κ3) is 2.39. The van der Waals surface area contributed by atoms with E-state index in [1.165, 1.54) is 0 Å². The van der Waals surface area contributed by atoms with Crippen LogP contribution in [0.4, 0.5) is 0 Å². The molecule has 2 rings (SSSR count). The number of nitrogens with one attached hydrogen (secondary N) is 1. The van der Waals surface area contributed by atoms with Crippen LogP contribution in [0.25, 0.3) is 0 Å². The maximum Gasteiger partial charge on any atom is 0.330 e. The van der Waals surface area contributed by atoms with Crippen molar-refractivity contribution in [3.63, 3.8) is 0 Å². The molecule has 1 N–H and O–H groups in total. The van der Waals surface area contributed by atoms with E-state index >= 15 is 0 Å². The van der Waals surface area contributed by atoms with Crippen LogP contribution < -0.4 is 5.32 Å². The fourth-order valence-corrected chi connectivity index (χ4v) is 3.02. The lowest BCUT2D eigenvalue weighted by Crippen LogP contribution is -2.61. The van der Waals surface area contributed by atoms with Gasteiger partial charge in [0.15, 0.2) is 11.3 Å². The van der Waals surface area contributed by atoms with Crippen molar-refractivity contribution < 1.29 is 9.53 Å². The number of nitrogens with zero attached hydrogens (tertiary/aromatic N) is 1. The Kier molecular flexibility index (Phi) is 3.06. The van der Waals surface area contributed by atoms with Gasteiger partial charge in [-0.1, -0.05) is 13.8 Å². The van der Waals surface area contributed by atoms with Gasteiger partial charge in [-0.15, -0.1) is 0 Å². The minimum absolute atomic E-state index is 0.106. The average molecular weight is 256 g/mol. The summed E-state index contributed by atoms with van der Waals surface area (Å²) in [5.41, 5.74) is -0.106. The average Bonchev–Trinajstić information content (AvgIpc) is 2.39. The van der Waals surface area contributed by atoms with Crippen LogP contribution in [0, 0.1) is 5.92 Å². The minimum atomic E-state index is -0.212. The van der Waals surface area contributed by atoms with Crippen LogP contribution in [0.3, 0.4) is 0 Å². The fourth-order valence-electron chi connectivity index (χ4n) is 2.49. The molecule has 0 aromatic carbocycles. The highest BCUT2D eigenvalue weighted by atomic mass is 32.1. The van der Waals surface area contributed by atoms with Crippen LogP contribution in [0.5, 0.6) is 0 Å². The van der Waals surface area contributed by atoms with Crippen LogP contribution in [-0.4, -0.2) is 33.8 Å². The highest BCUT2D eigenvalue weighted by Gasteiger charge is 2.49. The molecular weight excluding hydrogens is 236 g/mol. The lowest BCUT2D eigenvalue weighted by atomic mass is 9.96. The zero-order valence-corrected chi connectivity index (χ0v) is 11.6. The third-order valence-electron chi connectivity index (χ3n) is 3.23. The normalized spacial score (nSPS) is 31.2. The Morgan fingerprint density at radius 2 is 2.24 bits per heavy atom. The number of thiocarbonyl (C=S) groups is 1. The highest BCUT2D eigenvalue weighted by Crippen LogP contribution is 2.32. The van der Waals surface area contributed by atoms with Gasteiger partial charge in [-0.2, -0.15) is 0 Å². The van der Waals surface area contributed by atoms with E-state index in [-0.39, 0.29) is 23.8 Å². The van der Waals surface area contributed by atoms with E-state index in [4.69, 9.17) is 17.0 Å². The van der Waals surface area contributed by atoms with Gasteiger partial charge in [0, 0.05) is 12.0 Å². The molecule has 2 aliphatic heterocycles. The number of esters is 1. The first-order valence-corrected chi connectivity index (χ1v) is 6.52. The van der Waals surface area contributed by atoms with Gasteiger partial charge in [0.05, 0.1) is 0 Å². The molecule has 0 radical (unpaired) electrons. The van der Waals surface area contributed by atoms with Gasteiger partial charge in [0.1, 0.15) is 6.04 Å². The van der Waals surface area contributed by atoms with Crippen LogP contribution in [0.15, 0.2) is 0 Å². The Balaban J connectivity index is 2.19. The first-order chi connectivity index (χ1) is 7.80. The molecule has 0 bridgehead atoms. The second-order valence-electron chi connectivity index (χ2n) is 5.96. The topological polar surface area (TPSA) is 41.6 Å². The number of carbonyl (C=O) groups excluding carboxylic acids is 1. The van der Waals surface area contributed by atoms with Crippen LogP contribution in [-0.2, 0) is 9.53 Å². The van der Waals surface area contributed by atoms with E-state index < -0.39 is 0 Å². The molecule has 0 amide bonds. The molecule has 2 fully saturated rings. The minimum Gasteiger partial charge on any atom is -0.440 e. The number of ether oxygens (including phenoxy) is 1. The van der Waals surface area contributed by atoms with Crippen LogP contribution in [0.1, 0.15) is 40.5 Å². The molecule has 0 aromatic heterocycles. The van der Waals surface area contributed by atoms with E-state index in [0.717, 1.165) is 12.8 Å². The third-order valence-corrected chi connectivity index (χ3v) is 3.54. The summed E-state index contributed by atoms with van der Waals surface area (Å²) in [6, 6.07) is -0.212. The molecular formula is C12H20N2O2S. The van der Waals surface area contributed by atoms with Gasteiger partial charge in [-0.05, 0) is 38.4 Å². The molecule has 17 heavy (non-hydrogen) atoms. The number of carbonyl (C=O) groups is 1. The largest absolute Gasteiger partial charge is 0.440 e. The summed E-state index contributed by atoms with van der Waals surface area (Å²) >= 11 is 5.36. The molecule has 2 atom stereocenters. The van der Waals surface area contributed by atoms with Gasteiger partial charge in [-0.3, -0.25) is 4.90 Å². The fraction of sp³-hybridized carbons (Fsp3) is 0.833. The van der Waals surface area contributed by atoms with E-state index in [9.17, 15) is 4.79 Å². The summed E-state index contributed by atoms with van der Waals surface area (Å²) in [7, 11) is 0. The van der Waals surface area contributed by atoms with Crippen molar-refractivity contribution in [2.24, 2.45) is 5.92 Å². The second kappa shape index (κ2) is 4.12. The SMILES string of the molecule is CC(C)C[C@@H]1C(=O)O[C@H]2CC(C)(C)NC(=S)N21. The Bertz CT molecular complexity index is 354. The van der Waals surface area contributed by atoms with Crippen molar-refractivity contribution in [2.45, 2.75) is 58.3 Å². The molecule has 96 valence electrons. The van der Waals surface area contributed by atoms with Crippen molar-refractivity contribution in [3.05, 3.63) is 0 Å². The molecule has 2 heterocycles. The number of hydrogen-bond acceptors (Lipinski definition) is 3. The maximum atomic E-state index is 11.9. The maximum absolute atomic E-state index is 11.9. The predicted octanol–water partition coefficient (Wildman–Crippen LogP) is 1.64. The summed E-state index contributed by atoms with van der Waals surface area (Å²) in [6.07, 6.45) is 1.38. The predicted molar refractivity (Wildman–Crippen MR) is 69.4 cm³/mol. The Morgan fingerprint density at radius 3 is 2.82 bits per heavy atom. The smallest absolute Gasteiger partial charge is 0.330 e. The van der Waals surface area contributed by atoms with Crippen molar-refractivity contribution in [2.75, 3.05) is 0 Å². The van der Waals surface area contributed by atoms with Crippen LogP contribution >= 0.6 is 12.2 Å². The molecule has 4 nitrogen and oxygen atoms in total. The highest BCUT2D eigenvalue weighted by molar-refractivity contribution is 7.80. The monoisotopic (exact) mass is 256 g/mol. The Hall–Kier alpha value is -0.840. The Morgan fingerprint density at radius 1 is 1.59 bits per heavy atom. The van der Waals surface area contributed by atoms with E-state index in [1.807, 2.05) is 4.90 Å². The molecule has 0 unspecified atom stereocenters. The summed E-state index contributed by atoms with van der Waals surface area (Å²) in [4.78, 5) is 13.8. The van der Waals surface area contributed by atoms with Crippen molar-refractivity contribution >= 4 is 23.3 Å².